The Kier molecular flexibility index (Phi) is 6.99. The van der Waals surface area contributed by atoms with E-state index in [2.05, 4.69) is 5.32 Å². The van der Waals surface area contributed by atoms with Crippen molar-refractivity contribution in [3.63, 3.8) is 0 Å². The van der Waals surface area contributed by atoms with Gasteiger partial charge in [-0.2, -0.15) is 0 Å². The Morgan fingerprint density at radius 1 is 1.35 bits per heavy atom. The Balaban J connectivity index is 2.83. The molecule has 1 N–H and O–H groups in total. The average molecular weight is 364 g/mol. The number of hydrogen-bond acceptors (Lipinski definition) is 6. The van der Waals surface area contributed by atoms with Crippen LogP contribution in [0.15, 0.2) is 23.1 Å². The molecule has 0 saturated heterocycles. The molecule has 0 heterocycles. The molecule has 0 saturated carbocycles. The van der Waals surface area contributed by atoms with Crippen molar-refractivity contribution in [2.24, 2.45) is 0 Å². The lowest BCUT2D eigenvalue weighted by atomic mass is 10.2. The van der Waals surface area contributed by atoms with Crippen LogP contribution in [0.3, 0.4) is 0 Å². The SMILES string of the molecule is COCCNC(=O)[C@@H](C)OC(=O)c1cc(S(C)(=O)=O)ccc1Cl. The maximum Gasteiger partial charge on any atom is 0.340 e. The number of esters is 1. The van der Waals surface area contributed by atoms with Crippen LogP contribution < -0.4 is 5.32 Å². The fourth-order valence-corrected chi connectivity index (χ4v) is 2.43. The highest BCUT2D eigenvalue weighted by Crippen LogP contribution is 2.21. The zero-order valence-electron chi connectivity index (χ0n) is 13.0. The smallest absolute Gasteiger partial charge is 0.340 e. The number of carbonyl (C=O) groups is 2. The van der Waals surface area contributed by atoms with Gasteiger partial charge in [-0.25, -0.2) is 13.2 Å². The highest BCUT2D eigenvalue weighted by atomic mass is 35.5. The summed E-state index contributed by atoms with van der Waals surface area (Å²) in [5.74, 6) is -1.37. The first-order chi connectivity index (χ1) is 10.7. The summed E-state index contributed by atoms with van der Waals surface area (Å²) in [7, 11) is -2.00. The topological polar surface area (TPSA) is 98.8 Å². The Morgan fingerprint density at radius 3 is 2.57 bits per heavy atom. The van der Waals surface area contributed by atoms with E-state index in [-0.39, 0.29) is 22.0 Å². The molecule has 1 amide bonds. The van der Waals surface area contributed by atoms with Crippen molar-refractivity contribution in [2.75, 3.05) is 26.5 Å². The van der Waals surface area contributed by atoms with Crippen LogP contribution in [0.5, 0.6) is 0 Å². The molecule has 0 fully saturated rings. The maximum atomic E-state index is 12.1. The van der Waals surface area contributed by atoms with Crippen molar-refractivity contribution in [1.82, 2.24) is 5.32 Å². The average Bonchev–Trinajstić information content (AvgIpc) is 2.46. The van der Waals surface area contributed by atoms with E-state index in [1.807, 2.05) is 0 Å². The highest BCUT2D eigenvalue weighted by Gasteiger charge is 2.22. The molecule has 0 aliphatic heterocycles. The summed E-state index contributed by atoms with van der Waals surface area (Å²) in [5, 5.41) is 2.56. The van der Waals surface area contributed by atoms with E-state index in [0.29, 0.717) is 6.61 Å². The fourth-order valence-electron chi connectivity index (χ4n) is 1.59. The van der Waals surface area contributed by atoms with Crippen LogP contribution in [-0.4, -0.2) is 52.9 Å². The molecule has 1 aromatic rings. The number of nitrogens with one attached hydrogen (secondary N) is 1. The normalized spacial score (nSPS) is 12.5. The Bertz CT molecular complexity index is 689. The van der Waals surface area contributed by atoms with Gasteiger partial charge in [0.25, 0.3) is 5.91 Å². The minimum atomic E-state index is -3.49. The van der Waals surface area contributed by atoms with Crippen LogP contribution >= 0.6 is 11.6 Å². The molecule has 0 radical (unpaired) electrons. The van der Waals surface area contributed by atoms with E-state index in [1.165, 1.54) is 26.2 Å². The van der Waals surface area contributed by atoms with E-state index in [0.717, 1.165) is 12.3 Å². The monoisotopic (exact) mass is 363 g/mol. The molecule has 23 heavy (non-hydrogen) atoms. The Morgan fingerprint density at radius 2 is 2.00 bits per heavy atom. The lowest BCUT2D eigenvalue weighted by Gasteiger charge is -2.14. The zero-order chi connectivity index (χ0) is 17.6. The van der Waals surface area contributed by atoms with Gasteiger partial charge in [-0.3, -0.25) is 4.79 Å². The number of hydrogen-bond donors (Lipinski definition) is 1. The van der Waals surface area contributed by atoms with E-state index >= 15 is 0 Å². The number of rotatable bonds is 7. The standard InChI is InChI=1S/C14H18ClNO6S/c1-9(13(17)16-6-7-21-2)22-14(18)11-8-10(23(3,19)20)4-5-12(11)15/h4-5,8-9H,6-7H2,1-3H3,(H,16,17)/t9-/m1/s1. The van der Waals surface area contributed by atoms with Gasteiger partial charge >= 0.3 is 5.97 Å². The van der Waals surface area contributed by atoms with Gasteiger partial charge in [0, 0.05) is 19.9 Å². The number of carbonyl (C=O) groups excluding carboxylic acids is 2. The first-order valence-electron chi connectivity index (χ1n) is 6.64. The lowest BCUT2D eigenvalue weighted by molar-refractivity contribution is -0.129. The molecule has 1 aromatic carbocycles. The van der Waals surface area contributed by atoms with Crippen molar-refractivity contribution < 1.29 is 27.5 Å². The molecular formula is C14H18ClNO6S. The van der Waals surface area contributed by atoms with Crippen molar-refractivity contribution in [3.05, 3.63) is 28.8 Å². The highest BCUT2D eigenvalue weighted by molar-refractivity contribution is 7.90. The van der Waals surface area contributed by atoms with Crippen LogP contribution in [0.2, 0.25) is 5.02 Å². The van der Waals surface area contributed by atoms with Gasteiger partial charge in [-0.15, -0.1) is 0 Å². The summed E-state index contributed by atoms with van der Waals surface area (Å²) in [4.78, 5) is 23.7. The van der Waals surface area contributed by atoms with E-state index in [1.54, 1.807) is 0 Å². The van der Waals surface area contributed by atoms with Gasteiger partial charge in [-0.05, 0) is 25.1 Å². The third kappa shape index (κ3) is 5.81. The van der Waals surface area contributed by atoms with Gasteiger partial charge in [0.05, 0.1) is 22.1 Å². The molecule has 0 spiro atoms. The second-order valence-electron chi connectivity index (χ2n) is 4.75. The molecule has 128 valence electrons. The molecule has 0 bridgehead atoms. The quantitative estimate of drug-likeness (QED) is 0.574. The molecule has 1 atom stereocenters. The molecular weight excluding hydrogens is 346 g/mol. The zero-order valence-corrected chi connectivity index (χ0v) is 14.5. The third-order valence-corrected chi connectivity index (χ3v) is 4.28. The number of halogens is 1. The molecule has 0 aliphatic carbocycles. The number of ether oxygens (including phenoxy) is 2. The van der Waals surface area contributed by atoms with Gasteiger partial charge < -0.3 is 14.8 Å². The van der Waals surface area contributed by atoms with Crippen molar-refractivity contribution in [3.8, 4) is 0 Å². The summed E-state index contributed by atoms with van der Waals surface area (Å²) in [6, 6.07) is 3.70. The summed E-state index contributed by atoms with van der Waals surface area (Å²) < 4.78 is 32.8. The second-order valence-corrected chi connectivity index (χ2v) is 7.17. The van der Waals surface area contributed by atoms with Crippen molar-refractivity contribution in [2.45, 2.75) is 17.9 Å². The number of methoxy groups -OCH3 is 1. The summed E-state index contributed by atoms with van der Waals surface area (Å²) in [5.41, 5.74) is -0.119. The molecule has 1 rings (SSSR count). The van der Waals surface area contributed by atoms with Crippen LogP contribution in [0, 0.1) is 0 Å². The minimum Gasteiger partial charge on any atom is -0.449 e. The van der Waals surface area contributed by atoms with Gasteiger partial charge in [0.15, 0.2) is 15.9 Å². The van der Waals surface area contributed by atoms with E-state index < -0.39 is 27.8 Å². The van der Waals surface area contributed by atoms with E-state index in [9.17, 15) is 18.0 Å². The van der Waals surface area contributed by atoms with Crippen molar-refractivity contribution >= 4 is 33.3 Å². The van der Waals surface area contributed by atoms with Gasteiger partial charge in [0.1, 0.15) is 0 Å². The van der Waals surface area contributed by atoms with Gasteiger partial charge in [-0.1, -0.05) is 11.6 Å². The Hall–Kier alpha value is -1.64. The van der Waals surface area contributed by atoms with Crippen LogP contribution in [-0.2, 0) is 24.1 Å². The summed E-state index contributed by atoms with van der Waals surface area (Å²) >= 11 is 5.89. The van der Waals surface area contributed by atoms with Gasteiger partial charge in [0.2, 0.25) is 0 Å². The summed E-state index contributed by atoms with van der Waals surface area (Å²) in [6.45, 7) is 2.00. The molecule has 0 aliphatic rings. The predicted octanol–water partition coefficient (Wildman–Crippen LogP) is 1.05. The van der Waals surface area contributed by atoms with E-state index in [4.69, 9.17) is 21.1 Å². The second kappa shape index (κ2) is 8.28. The molecule has 9 heteroatoms. The summed E-state index contributed by atoms with van der Waals surface area (Å²) in [6.07, 6.45) is -0.0469. The van der Waals surface area contributed by atoms with Crippen molar-refractivity contribution in [1.29, 1.82) is 0 Å². The van der Waals surface area contributed by atoms with Crippen LogP contribution in [0.4, 0.5) is 0 Å². The fraction of sp³-hybridized carbons (Fsp3) is 0.429. The minimum absolute atomic E-state index is 0.0365. The predicted molar refractivity (Wildman–Crippen MR) is 84.3 cm³/mol. The maximum absolute atomic E-state index is 12.1. The van der Waals surface area contributed by atoms with Crippen LogP contribution in [0.25, 0.3) is 0 Å². The first kappa shape index (κ1) is 19.4. The van der Waals surface area contributed by atoms with Crippen LogP contribution in [0.1, 0.15) is 17.3 Å². The first-order valence-corrected chi connectivity index (χ1v) is 8.91. The lowest BCUT2D eigenvalue weighted by Crippen LogP contribution is -2.37. The third-order valence-electron chi connectivity index (χ3n) is 2.84. The number of sulfone groups is 1. The molecule has 0 aromatic heterocycles. The number of benzene rings is 1. The Labute approximate surface area is 139 Å². The molecule has 7 nitrogen and oxygen atoms in total. The largest absolute Gasteiger partial charge is 0.449 e. The molecule has 0 unspecified atom stereocenters. The number of amides is 1.